The van der Waals surface area contributed by atoms with Crippen molar-refractivity contribution in [3.05, 3.63) is 54.6 Å². The van der Waals surface area contributed by atoms with Crippen LogP contribution in [0.5, 0.6) is 17.2 Å². The third kappa shape index (κ3) is 9.69. The molecule has 0 spiro atoms. The van der Waals surface area contributed by atoms with Gasteiger partial charge in [-0.15, -0.1) is 12.4 Å². The number of aliphatic hydroxyl groups excluding tert-OH is 1. The number of aliphatic hydroxyl groups is 1. The lowest BCUT2D eigenvalue weighted by atomic mass is 10.3. The minimum Gasteiger partial charge on any atom is -0.494 e. The van der Waals surface area contributed by atoms with Crippen LogP contribution in [0.3, 0.4) is 0 Å². The molecule has 0 unspecified atom stereocenters. The van der Waals surface area contributed by atoms with Crippen LogP contribution in [0.25, 0.3) is 0 Å². The molecule has 0 amide bonds. The largest absolute Gasteiger partial charge is 0.494 e. The number of nitrogens with one attached hydrogen (secondary N) is 1. The molecule has 0 saturated carbocycles. The molecule has 7 nitrogen and oxygen atoms in total. The minimum absolute atomic E-state index is 0. The van der Waals surface area contributed by atoms with Gasteiger partial charge in [-0.05, 0) is 42.8 Å². The van der Waals surface area contributed by atoms with Crippen LogP contribution in [-0.4, -0.2) is 48.8 Å². The summed E-state index contributed by atoms with van der Waals surface area (Å²) in [6.45, 7) is 0.855. The lowest BCUT2D eigenvalue weighted by Crippen LogP contribution is -2.35. The number of carboxylic acids is 1. The van der Waals surface area contributed by atoms with E-state index in [9.17, 15) is 9.90 Å². The quantitative estimate of drug-likeness (QED) is 0.373. The summed E-state index contributed by atoms with van der Waals surface area (Å²) >= 11 is 0. The molecule has 148 valence electrons. The highest BCUT2D eigenvalue weighted by molar-refractivity contribution is 5.85. The second-order valence-electron chi connectivity index (χ2n) is 5.45. The number of hydrogen-bond donors (Lipinski definition) is 3. The number of halogens is 1. The van der Waals surface area contributed by atoms with Gasteiger partial charge in [-0.3, -0.25) is 5.32 Å². The molecule has 2 aromatic carbocycles. The number of ether oxygens (including phenoxy) is 3. The molecule has 8 heteroatoms. The van der Waals surface area contributed by atoms with Crippen LogP contribution in [0.1, 0.15) is 6.42 Å². The van der Waals surface area contributed by atoms with Crippen molar-refractivity contribution in [2.24, 2.45) is 0 Å². The predicted molar refractivity (Wildman–Crippen MR) is 103 cm³/mol. The summed E-state index contributed by atoms with van der Waals surface area (Å²) in [5.74, 6) is 0.790. The Morgan fingerprint density at radius 3 is 2.15 bits per heavy atom. The Hall–Kier alpha value is -2.48. The molecule has 0 radical (unpaired) electrons. The van der Waals surface area contributed by atoms with Gasteiger partial charge < -0.3 is 24.4 Å². The zero-order valence-electron chi connectivity index (χ0n) is 14.7. The van der Waals surface area contributed by atoms with Crippen molar-refractivity contribution >= 4 is 18.4 Å². The second-order valence-corrected chi connectivity index (χ2v) is 5.45. The Kier molecular flexibility index (Phi) is 10.7. The third-order valence-corrected chi connectivity index (χ3v) is 3.31. The van der Waals surface area contributed by atoms with E-state index in [-0.39, 0.29) is 19.0 Å². The number of carboxylic acid groups (broad SMARTS) is 1. The van der Waals surface area contributed by atoms with Crippen LogP contribution in [0.2, 0.25) is 0 Å². The Bertz CT molecular complexity index is 653. The van der Waals surface area contributed by atoms with Crippen molar-refractivity contribution in [1.82, 2.24) is 5.32 Å². The molecule has 27 heavy (non-hydrogen) atoms. The summed E-state index contributed by atoms with van der Waals surface area (Å²) in [4.78, 5) is 10.4. The van der Waals surface area contributed by atoms with E-state index in [1.807, 2.05) is 30.3 Å². The molecule has 0 aromatic heterocycles. The lowest BCUT2D eigenvalue weighted by Gasteiger charge is -2.14. The van der Waals surface area contributed by atoms with E-state index in [0.717, 1.165) is 12.2 Å². The molecular weight excluding hydrogens is 374 g/mol. The minimum atomic E-state index is -1.03. The summed E-state index contributed by atoms with van der Waals surface area (Å²) in [7, 11) is 0. The fourth-order valence-electron chi connectivity index (χ4n) is 2.06. The van der Waals surface area contributed by atoms with E-state index in [1.54, 1.807) is 24.3 Å². The molecule has 3 N–H and O–H groups in total. The topological polar surface area (TPSA) is 97.3 Å². The zero-order chi connectivity index (χ0) is 18.6. The van der Waals surface area contributed by atoms with Crippen molar-refractivity contribution < 1.29 is 29.2 Å². The van der Waals surface area contributed by atoms with Crippen LogP contribution < -0.4 is 19.5 Å². The van der Waals surface area contributed by atoms with Gasteiger partial charge in [0.1, 0.15) is 30.1 Å². The van der Waals surface area contributed by atoms with E-state index >= 15 is 0 Å². The van der Waals surface area contributed by atoms with Gasteiger partial charge in [-0.25, -0.2) is 4.79 Å². The Morgan fingerprint density at radius 2 is 1.52 bits per heavy atom. The number of rotatable bonds is 12. The van der Waals surface area contributed by atoms with Crippen LogP contribution in [0.15, 0.2) is 54.6 Å². The molecule has 0 aliphatic heterocycles. The highest BCUT2D eigenvalue weighted by Crippen LogP contribution is 2.17. The molecule has 0 heterocycles. The first kappa shape index (κ1) is 22.6. The molecule has 0 saturated heterocycles. The molecule has 0 aliphatic rings. The number of hydrogen-bond acceptors (Lipinski definition) is 6. The summed E-state index contributed by atoms with van der Waals surface area (Å²) in [5, 5.41) is 21.3. The van der Waals surface area contributed by atoms with E-state index in [1.165, 1.54) is 0 Å². The number of aliphatic carboxylic acids is 1. The third-order valence-electron chi connectivity index (χ3n) is 3.31. The summed E-state index contributed by atoms with van der Waals surface area (Å²) in [6, 6.07) is 16.1. The van der Waals surface area contributed by atoms with Crippen molar-refractivity contribution in [2.45, 2.75) is 12.6 Å². The number of benzene rings is 2. The van der Waals surface area contributed by atoms with Gasteiger partial charge in [0.05, 0.1) is 6.61 Å². The zero-order valence-corrected chi connectivity index (χ0v) is 15.6. The summed E-state index contributed by atoms with van der Waals surface area (Å²) < 4.78 is 16.0. The van der Waals surface area contributed by atoms with Crippen LogP contribution in [0.4, 0.5) is 0 Å². The molecule has 0 fully saturated rings. The average molecular weight is 398 g/mol. The first-order chi connectivity index (χ1) is 12.6. The molecule has 0 bridgehead atoms. The maximum Gasteiger partial charge on any atom is 0.341 e. The van der Waals surface area contributed by atoms with Gasteiger partial charge in [-0.1, -0.05) is 18.2 Å². The lowest BCUT2D eigenvalue weighted by molar-refractivity contribution is -0.139. The Labute approximate surface area is 164 Å². The molecule has 1 atom stereocenters. The van der Waals surface area contributed by atoms with Crippen LogP contribution in [0, 0.1) is 0 Å². The van der Waals surface area contributed by atoms with Gasteiger partial charge in [0.25, 0.3) is 0 Å². The highest BCUT2D eigenvalue weighted by Gasteiger charge is 2.05. The van der Waals surface area contributed by atoms with E-state index in [4.69, 9.17) is 19.3 Å². The normalized spacial score (nSPS) is 11.1. The smallest absolute Gasteiger partial charge is 0.341 e. The average Bonchev–Trinajstić information content (AvgIpc) is 2.66. The SMILES string of the molecule is Cl.O=C(O)COc1ccc(OC[C@H](O)NCCCOc2ccccc2)cc1. The first-order valence-electron chi connectivity index (χ1n) is 8.30. The first-order valence-corrected chi connectivity index (χ1v) is 8.30. The van der Waals surface area contributed by atoms with E-state index in [2.05, 4.69) is 5.32 Å². The van der Waals surface area contributed by atoms with Gasteiger partial charge >= 0.3 is 5.97 Å². The van der Waals surface area contributed by atoms with Crippen LogP contribution >= 0.6 is 12.4 Å². The maximum absolute atomic E-state index is 10.4. The van der Waals surface area contributed by atoms with Crippen LogP contribution in [-0.2, 0) is 4.79 Å². The Morgan fingerprint density at radius 1 is 0.926 bits per heavy atom. The van der Waals surface area contributed by atoms with Crippen molar-refractivity contribution in [3.8, 4) is 17.2 Å². The monoisotopic (exact) mass is 397 g/mol. The molecule has 0 aliphatic carbocycles. The van der Waals surface area contributed by atoms with Crippen molar-refractivity contribution in [3.63, 3.8) is 0 Å². The van der Waals surface area contributed by atoms with Gasteiger partial charge in [0.15, 0.2) is 6.61 Å². The maximum atomic E-state index is 10.4. The van der Waals surface area contributed by atoms with Gasteiger partial charge in [-0.2, -0.15) is 0 Å². The molecular formula is C19H24ClNO6. The highest BCUT2D eigenvalue weighted by atomic mass is 35.5. The summed E-state index contributed by atoms with van der Waals surface area (Å²) in [5.41, 5.74) is 0. The number of carbonyl (C=O) groups is 1. The number of para-hydroxylation sites is 1. The molecule has 2 rings (SSSR count). The molecule has 2 aromatic rings. The fraction of sp³-hybridized carbons (Fsp3) is 0.316. The van der Waals surface area contributed by atoms with Crippen molar-refractivity contribution in [2.75, 3.05) is 26.4 Å². The van der Waals surface area contributed by atoms with Crippen molar-refractivity contribution in [1.29, 1.82) is 0 Å². The van der Waals surface area contributed by atoms with Gasteiger partial charge in [0.2, 0.25) is 0 Å². The fourth-order valence-corrected chi connectivity index (χ4v) is 2.06. The van der Waals surface area contributed by atoms with Gasteiger partial charge in [0, 0.05) is 6.54 Å². The van der Waals surface area contributed by atoms with E-state index < -0.39 is 18.8 Å². The second kappa shape index (κ2) is 12.8. The predicted octanol–water partition coefficient (Wildman–Crippen LogP) is 2.33. The standard InChI is InChI=1S/C19H23NO6.ClH/c21-18(20-11-4-12-24-15-5-2-1-3-6-15)13-25-16-7-9-17(10-8-16)26-14-19(22)23;/h1-3,5-10,18,20-21H,4,11-14H2,(H,22,23);1H/t18-;/m0./s1. The Balaban J connectivity index is 0.00000364. The van der Waals surface area contributed by atoms with E-state index in [0.29, 0.717) is 24.7 Å². The summed E-state index contributed by atoms with van der Waals surface area (Å²) in [6.07, 6.45) is -0.0451.